The lowest BCUT2D eigenvalue weighted by Crippen LogP contribution is -2.28. The van der Waals surface area contributed by atoms with E-state index >= 15 is 0 Å². The maximum Gasteiger partial charge on any atom is 0.306 e. The molecule has 0 aromatic rings. The second-order valence-electron chi connectivity index (χ2n) is 17.9. The summed E-state index contributed by atoms with van der Waals surface area (Å²) in [5.41, 5.74) is 0. The van der Waals surface area contributed by atoms with Crippen molar-refractivity contribution in [2.75, 3.05) is 13.2 Å². The van der Waals surface area contributed by atoms with Gasteiger partial charge in [-0.15, -0.1) is 0 Å². The minimum Gasteiger partial charge on any atom is -0.462 e. The van der Waals surface area contributed by atoms with Crippen LogP contribution in [0.15, 0.2) is 109 Å². The molecule has 1 atom stereocenters. The van der Waals surface area contributed by atoms with E-state index in [4.69, 9.17) is 9.47 Å². The maximum absolute atomic E-state index is 12.3. The molecule has 376 valence electrons. The number of hydrogen-bond donors (Lipinski definition) is 1. The third-order valence-electron chi connectivity index (χ3n) is 11.6. The molecule has 5 nitrogen and oxygen atoms in total. The van der Waals surface area contributed by atoms with Crippen molar-refractivity contribution in [2.24, 2.45) is 0 Å². The number of aliphatic hydroxyl groups is 1. The Kier molecular flexibility index (Phi) is 53.0. The first kappa shape index (κ1) is 62.6. The highest BCUT2D eigenvalue weighted by atomic mass is 16.6. The minimum absolute atomic E-state index is 0.0731. The van der Waals surface area contributed by atoms with Crippen LogP contribution in [0.4, 0.5) is 0 Å². The van der Waals surface area contributed by atoms with E-state index in [2.05, 4.69) is 123 Å². The molecule has 0 rings (SSSR count). The summed E-state index contributed by atoms with van der Waals surface area (Å²) < 4.78 is 10.7. The second-order valence-corrected chi connectivity index (χ2v) is 17.9. The van der Waals surface area contributed by atoms with Gasteiger partial charge in [0, 0.05) is 12.8 Å². The highest BCUT2D eigenvalue weighted by molar-refractivity contribution is 5.70. The Hall–Kier alpha value is -3.44. The van der Waals surface area contributed by atoms with Crippen LogP contribution in [0.3, 0.4) is 0 Å². The third-order valence-corrected chi connectivity index (χ3v) is 11.6. The van der Waals surface area contributed by atoms with Crippen LogP contribution in [-0.2, 0) is 19.1 Å². The summed E-state index contributed by atoms with van der Waals surface area (Å²) in [6.45, 7) is 4.03. The Morgan fingerprint density at radius 1 is 0.364 bits per heavy atom. The van der Waals surface area contributed by atoms with E-state index < -0.39 is 6.10 Å². The van der Waals surface area contributed by atoms with Gasteiger partial charge in [-0.05, 0) is 83.5 Å². The molecule has 0 aromatic carbocycles. The van der Waals surface area contributed by atoms with Gasteiger partial charge in [-0.2, -0.15) is 0 Å². The summed E-state index contributed by atoms with van der Waals surface area (Å²) in [6, 6.07) is 0. The second kappa shape index (κ2) is 55.9. The van der Waals surface area contributed by atoms with E-state index in [1.54, 1.807) is 0 Å². The van der Waals surface area contributed by atoms with Crippen LogP contribution in [0.2, 0.25) is 0 Å². The molecule has 1 unspecified atom stereocenters. The van der Waals surface area contributed by atoms with Crippen LogP contribution in [0.25, 0.3) is 0 Å². The van der Waals surface area contributed by atoms with E-state index in [1.807, 2.05) is 0 Å². The number of hydrogen-bond acceptors (Lipinski definition) is 5. The number of carbonyl (C=O) groups is 2. The fourth-order valence-corrected chi connectivity index (χ4v) is 7.49. The minimum atomic E-state index is -0.783. The van der Waals surface area contributed by atoms with E-state index in [1.165, 1.54) is 116 Å². The number of rotatable bonds is 49. The number of allylic oxidation sites excluding steroid dienone is 18. The van der Waals surface area contributed by atoms with Gasteiger partial charge in [-0.25, -0.2) is 0 Å². The summed E-state index contributed by atoms with van der Waals surface area (Å²) in [4.78, 5) is 24.5. The number of carbonyl (C=O) groups excluding carboxylic acids is 2. The lowest BCUT2D eigenvalue weighted by Gasteiger charge is -2.15. The maximum atomic E-state index is 12.3. The molecule has 0 aromatic heterocycles. The summed E-state index contributed by atoms with van der Waals surface area (Å²) in [5, 5.41) is 9.63. The van der Waals surface area contributed by atoms with Gasteiger partial charge >= 0.3 is 11.9 Å². The molecule has 0 fully saturated rings. The third kappa shape index (κ3) is 53.2. The monoisotopic (exact) mass is 915 g/mol. The summed E-state index contributed by atoms with van der Waals surface area (Å²) in [5.74, 6) is -0.602. The number of ether oxygens (including phenoxy) is 2. The van der Waals surface area contributed by atoms with E-state index in [0.29, 0.717) is 12.8 Å². The molecule has 0 saturated carbocycles. The average molecular weight is 915 g/mol. The largest absolute Gasteiger partial charge is 0.462 e. The Labute approximate surface area is 408 Å². The van der Waals surface area contributed by atoms with Gasteiger partial charge in [-0.3, -0.25) is 9.59 Å². The van der Waals surface area contributed by atoms with Gasteiger partial charge in [0.05, 0.1) is 6.61 Å². The van der Waals surface area contributed by atoms with Crippen molar-refractivity contribution in [2.45, 2.75) is 251 Å². The molecule has 0 aliphatic heterocycles. The van der Waals surface area contributed by atoms with Crippen LogP contribution in [0.1, 0.15) is 245 Å². The van der Waals surface area contributed by atoms with Gasteiger partial charge in [0.2, 0.25) is 0 Å². The molecule has 66 heavy (non-hydrogen) atoms. The molecular weight excluding hydrogens is 813 g/mol. The molecule has 0 heterocycles. The molecule has 1 N–H and O–H groups in total. The SMILES string of the molecule is CC/C=C\C/C=C\C/C=C\C/C=C\C/C=C\C/C=C\C/C=C\C/C=C\C/C=C\CCCCCCCCCC(=O)OC(CO)COC(=O)CCCCCCCCCCCCCCCCCCC. The first-order valence-electron chi connectivity index (χ1n) is 27.4. The summed E-state index contributed by atoms with van der Waals surface area (Å²) >= 11 is 0. The summed E-state index contributed by atoms with van der Waals surface area (Å²) in [7, 11) is 0. The van der Waals surface area contributed by atoms with Gasteiger partial charge in [-0.1, -0.05) is 258 Å². The topological polar surface area (TPSA) is 72.8 Å². The smallest absolute Gasteiger partial charge is 0.306 e. The Morgan fingerprint density at radius 3 is 0.985 bits per heavy atom. The first-order valence-corrected chi connectivity index (χ1v) is 27.4. The lowest BCUT2D eigenvalue weighted by atomic mass is 10.0. The van der Waals surface area contributed by atoms with Crippen LogP contribution in [-0.4, -0.2) is 36.4 Å². The molecule has 0 aliphatic carbocycles. The molecule has 0 amide bonds. The van der Waals surface area contributed by atoms with E-state index in [-0.39, 0.29) is 25.2 Å². The van der Waals surface area contributed by atoms with Crippen molar-refractivity contribution in [3.63, 3.8) is 0 Å². The molecule has 0 radical (unpaired) electrons. The standard InChI is InChI=1S/C61H102O5/c1-3-5-7-9-11-13-15-17-19-21-22-23-24-25-26-27-28-29-30-31-32-33-34-35-36-37-38-40-42-44-46-48-50-52-54-56-61(64)66-59(57-62)58-65-60(63)55-53-51-49-47-45-43-41-39-20-18-16-14-12-10-8-6-4-2/h5,7,11,13,17,19,22-23,25-26,28-29,31-32,34-35,37-38,59,62H,3-4,6,8-10,12,14-16,18,20-21,24,27,30,33,36,39-58H2,1-2H3/b7-5-,13-11-,19-17-,23-22-,26-25-,29-28-,32-31-,35-34-,38-37-. The number of aliphatic hydroxyl groups excluding tert-OH is 1. The predicted molar refractivity (Wildman–Crippen MR) is 288 cm³/mol. The Balaban J connectivity index is 3.60. The highest BCUT2D eigenvalue weighted by Gasteiger charge is 2.16. The van der Waals surface area contributed by atoms with Crippen molar-refractivity contribution in [1.82, 2.24) is 0 Å². The zero-order chi connectivity index (χ0) is 47.7. The zero-order valence-corrected chi connectivity index (χ0v) is 42.9. The Bertz CT molecular complexity index is 1310. The number of esters is 2. The summed E-state index contributed by atoms with van der Waals surface area (Å²) in [6.07, 6.45) is 80.5. The van der Waals surface area contributed by atoms with Crippen LogP contribution in [0, 0.1) is 0 Å². The van der Waals surface area contributed by atoms with Crippen LogP contribution in [0.5, 0.6) is 0 Å². The molecule has 5 heteroatoms. The molecule has 0 saturated heterocycles. The average Bonchev–Trinajstić information content (AvgIpc) is 3.32. The normalized spacial score (nSPS) is 13.1. The fraction of sp³-hybridized carbons (Fsp3) is 0.672. The van der Waals surface area contributed by atoms with Crippen LogP contribution < -0.4 is 0 Å². The van der Waals surface area contributed by atoms with E-state index in [0.717, 1.165) is 103 Å². The van der Waals surface area contributed by atoms with Crippen molar-refractivity contribution in [1.29, 1.82) is 0 Å². The molecule has 0 aliphatic rings. The van der Waals surface area contributed by atoms with Crippen LogP contribution >= 0.6 is 0 Å². The fourth-order valence-electron chi connectivity index (χ4n) is 7.49. The van der Waals surface area contributed by atoms with Gasteiger partial charge < -0.3 is 14.6 Å². The Morgan fingerprint density at radius 2 is 0.652 bits per heavy atom. The van der Waals surface area contributed by atoms with Crippen molar-refractivity contribution < 1.29 is 24.2 Å². The lowest BCUT2D eigenvalue weighted by molar-refractivity contribution is -0.161. The zero-order valence-electron chi connectivity index (χ0n) is 42.9. The van der Waals surface area contributed by atoms with Gasteiger partial charge in [0.1, 0.15) is 6.61 Å². The van der Waals surface area contributed by atoms with Crippen molar-refractivity contribution in [3.8, 4) is 0 Å². The molecule has 0 spiro atoms. The molecular formula is C61H102O5. The predicted octanol–water partition coefficient (Wildman–Crippen LogP) is 18.5. The first-order chi connectivity index (χ1) is 32.6. The van der Waals surface area contributed by atoms with Crippen molar-refractivity contribution >= 4 is 11.9 Å². The highest BCUT2D eigenvalue weighted by Crippen LogP contribution is 2.15. The van der Waals surface area contributed by atoms with Crippen molar-refractivity contribution in [3.05, 3.63) is 109 Å². The van der Waals surface area contributed by atoms with E-state index in [9.17, 15) is 14.7 Å². The quantitative estimate of drug-likeness (QED) is 0.0374. The van der Waals surface area contributed by atoms with Gasteiger partial charge in [0.15, 0.2) is 6.10 Å². The van der Waals surface area contributed by atoms with Gasteiger partial charge in [0.25, 0.3) is 0 Å². The molecule has 0 bridgehead atoms. The number of unbranched alkanes of at least 4 members (excludes halogenated alkanes) is 23.